The number of rotatable bonds is 5. The summed E-state index contributed by atoms with van der Waals surface area (Å²) < 4.78 is 39.0. The van der Waals surface area contributed by atoms with E-state index in [4.69, 9.17) is 0 Å². The highest BCUT2D eigenvalue weighted by atomic mass is 19.4. The average Bonchev–Trinajstić information content (AvgIpc) is 3.11. The Hall–Kier alpha value is -2.83. The van der Waals surface area contributed by atoms with Gasteiger partial charge in [0.1, 0.15) is 0 Å². The Kier molecular flexibility index (Phi) is 5.68. The molecule has 1 aliphatic rings. The maximum Gasteiger partial charge on any atom is 0.416 e. The lowest BCUT2D eigenvalue weighted by atomic mass is 9.83. The zero-order chi connectivity index (χ0) is 21.2. The van der Waals surface area contributed by atoms with Gasteiger partial charge in [0, 0.05) is 36.2 Å². The van der Waals surface area contributed by atoms with Crippen LogP contribution >= 0.6 is 0 Å². The number of benzene rings is 2. The zero-order valence-electron chi connectivity index (χ0n) is 16.3. The van der Waals surface area contributed by atoms with Crippen LogP contribution in [0.5, 0.6) is 0 Å². The van der Waals surface area contributed by atoms with E-state index in [0.29, 0.717) is 29.8 Å². The fraction of sp³-hybridized carbons (Fsp3) is 0.364. The highest BCUT2D eigenvalue weighted by molar-refractivity contribution is 5.99. The van der Waals surface area contributed by atoms with Gasteiger partial charge < -0.3 is 10.2 Å². The second kappa shape index (κ2) is 7.89. The smallest absolute Gasteiger partial charge is 0.351 e. The Morgan fingerprint density at radius 2 is 1.76 bits per heavy atom. The molecule has 154 valence electrons. The van der Waals surface area contributed by atoms with E-state index < -0.39 is 17.2 Å². The maximum absolute atomic E-state index is 13.0. The van der Waals surface area contributed by atoms with Crippen molar-refractivity contribution in [2.75, 3.05) is 18.0 Å². The van der Waals surface area contributed by atoms with Crippen molar-refractivity contribution in [3.8, 4) is 0 Å². The first-order chi connectivity index (χ1) is 13.6. The summed E-state index contributed by atoms with van der Waals surface area (Å²) in [6.45, 7) is 4.36. The van der Waals surface area contributed by atoms with Gasteiger partial charge in [-0.15, -0.1) is 0 Å². The molecule has 1 heterocycles. The Morgan fingerprint density at radius 3 is 2.41 bits per heavy atom. The number of nitrogens with one attached hydrogen (secondary N) is 1. The molecule has 0 atom stereocenters. The molecule has 0 saturated carbocycles. The largest absolute Gasteiger partial charge is 0.416 e. The van der Waals surface area contributed by atoms with Crippen molar-refractivity contribution in [3.05, 3.63) is 65.2 Å². The SMILES string of the molecule is CC(C)(CNC(=O)c1cccc(N2CCCC2=O)c1)c1cccc(C(F)(F)F)c1. The molecule has 7 heteroatoms. The molecule has 3 rings (SSSR count). The minimum atomic E-state index is -4.41. The maximum atomic E-state index is 13.0. The summed E-state index contributed by atoms with van der Waals surface area (Å²) in [5.74, 6) is -0.299. The highest BCUT2D eigenvalue weighted by Gasteiger charge is 2.32. The third kappa shape index (κ3) is 4.78. The van der Waals surface area contributed by atoms with E-state index in [1.54, 1.807) is 49.1 Å². The first-order valence-corrected chi connectivity index (χ1v) is 9.44. The molecule has 1 saturated heterocycles. The predicted molar refractivity (Wildman–Crippen MR) is 105 cm³/mol. The molecular weight excluding hydrogens is 381 g/mol. The van der Waals surface area contributed by atoms with Crippen LogP contribution < -0.4 is 10.2 Å². The van der Waals surface area contributed by atoms with E-state index in [-0.39, 0.29) is 18.4 Å². The standard InChI is InChI=1S/C22H23F3N2O2/c1-21(2,16-7-4-8-17(13-16)22(23,24)25)14-26-20(29)15-6-3-9-18(12-15)27-11-5-10-19(27)28/h3-4,6-9,12-13H,5,10-11,14H2,1-2H3,(H,26,29). The van der Waals surface area contributed by atoms with Crippen LogP contribution in [0, 0.1) is 0 Å². The molecule has 2 aromatic rings. The van der Waals surface area contributed by atoms with Gasteiger partial charge in [0.15, 0.2) is 0 Å². The number of alkyl halides is 3. The van der Waals surface area contributed by atoms with Crippen molar-refractivity contribution in [3.63, 3.8) is 0 Å². The number of carbonyl (C=O) groups excluding carboxylic acids is 2. The van der Waals surface area contributed by atoms with Crippen LogP contribution in [0.1, 0.15) is 48.2 Å². The van der Waals surface area contributed by atoms with E-state index in [0.717, 1.165) is 18.6 Å². The molecule has 0 unspecified atom stereocenters. The molecule has 1 N–H and O–H groups in total. The van der Waals surface area contributed by atoms with E-state index in [9.17, 15) is 22.8 Å². The zero-order valence-corrected chi connectivity index (χ0v) is 16.3. The summed E-state index contributed by atoms with van der Waals surface area (Å²) >= 11 is 0. The van der Waals surface area contributed by atoms with E-state index in [1.165, 1.54) is 6.07 Å². The molecule has 1 aliphatic heterocycles. The van der Waals surface area contributed by atoms with Crippen LogP contribution in [-0.2, 0) is 16.4 Å². The summed E-state index contributed by atoms with van der Waals surface area (Å²) in [6.07, 6.45) is -3.12. The summed E-state index contributed by atoms with van der Waals surface area (Å²) in [5.41, 5.74) is 0.167. The molecule has 0 aromatic heterocycles. The van der Waals surface area contributed by atoms with Crippen LogP contribution in [0.4, 0.5) is 18.9 Å². The Morgan fingerprint density at radius 1 is 1.07 bits per heavy atom. The van der Waals surface area contributed by atoms with Gasteiger partial charge in [-0.05, 0) is 36.2 Å². The van der Waals surface area contributed by atoms with Gasteiger partial charge >= 0.3 is 6.18 Å². The van der Waals surface area contributed by atoms with Crippen LogP contribution in [0.25, 0.3) is 0 Å². The van der Waals surface area contributed by atoms with Crippen molar-refractivity contribution in [1.82, 2.24) is 5.32 Å². The fourth-order valence-corrected chi connectivity index (χ4v) is 3.36. The van der Waals surface area contributed by atoms with Crippen molar-refractivity contribution in [2.24, 2.45) is 0 Å². The lowest BCUT2D eigenvalue weighted by Gasteiger charge is -2.26. The molecule has 4 nitrogen and oxygen atoms in total. The second-order valence-electron chi connectivity index (χ2n) is 7.84. The van der Waals surface area contributed by atoms with Gasteiger partial charge in [0.2, 0.25) is 5.91 Å². The van der Waals surface area contributed by atoms with Crippen molar-refractivity contribution in [2.45, 2.75) is 38.3 Å². The van der Waals surface area contributed by atoms with Gasteiger partial charge in [-0.25, -0.2) is 0 Å². The third-order valence-corrected chi connectivity index (χ3v) is 5.16. The predicted octanol–water partition coefficient (Wildman–Crippen LogP) is 4.54. The van der Waals surface area contributed by atoms with Crippen LogP contribution in [0.2, 0.25) is 0 Å². The minimum Gasteiger partial charge on any atom is -0.351 e. The number of anilines is 1. The topological polar surface area (TPSA) is 49.4 Å². The number of hydrogen-bond donors (Lipinski definition) is 1. The number of hydrogen-bond acceptors (Lipinski definition) is 2. The third-order valence-electron chi connectivity index (χ3n) is 5.16. The number of amides is 2. The lowest BCUT2D eigenvalue weighted by molar-refractivity contribution is -0.137. The average molecular weight is 404 g/mol. The van der Waals surface area contributed by atoms with E-state index in [1.807, 2.05) is 0 Å². The lowest BCUT2D eigenvalue weighted by Crippen LogP contribution is -2.37. The van der Waals surface area contributed by atoms with Crippen LogP contribution in [-0.4, -0.2) is 24.9 Å². The summed E-state index contributed by atoms with van der Waals surface area (Å²) in [4.78, 5) is 26.2. The number of carbonyl (C=O) groups is 2. The van der Waals surface area contributed by atoms with Gasteiger partial charge in [-0.2, -0.15) is 13.2 Å². The van der Waals surface area contributed by atoms with Gasteiger partial charge in [-0.3, -0.25) is 9.59 Å². The second-order valence-corrected chi connectivity index (χ2v) is 7.84. The molecule has 29 heavy (non-hydrogen) atoms. The molecule has 2 amide bonds. The monoisotopic (exact) mass is 404 g/mol. The molecular formula is C22H23F3N2O2. The van der Waals surface area contributed by atoms with Gasteiger partial charge in [-0.1, -0.05) is 38.1 Å². The first kappa shape index (κ1) is 20.9. The first-order valence-electron chi connectivity index (χ1n) is 9.44. The Labute approximate surface area is 167 Å². The van der Waals surface area contributed by atoms with Crippen molar-refractivity contribution in [1.29, 1.82) is 0 Å². The summed E-state index contributed by atoms with van der Waals surface area (Å²) in [5, 5.41) is 2.80. The number of halogens is 3. The Bertz CT molecular complexity index is 922. The quantitative estimate of drug-likeness (QED) is 0.796. The van der Waals surface area contributed by atoms with Gasteiger partial charge in [0.25, 0.3) is 5.91 Å². The molecule has 2 aromatic carbocycles. The number of nitrogens with zero attached hydrogens (tertiary/aromatic N) is 1. The molecule has 0 bridgehead atoms. The fourth-order valence-electron chi connectivity index (χ4n) is 3.36. The molecule has 0 radical (unpaired) electrons. The van der Waals surface area contributed by atoms with Crippen LogP contribution in [0.3, 0.4) is 0 Å². The molecule has 1 fully saturated rings. The van der Waals surface area contributed by atoms with E-state index in [2.05, 4.69) is 5.32 Å². The molecule has 0 aliphatic carbocycles. The summed E-state index contributed by atoms with van der Waals surface area (Å²) in [6, 6.07) is 12.0. The highest BCUT2D eigenvalue weighted by Crippen LogP contribution is 2.32. The normalized spacial score (nSPS) is 14.9. The summed E-state index contributed by atoms with van der Waals surface area (Å²) in [7, 11) is 0. The van der Waals surface area contributed by atoms with Crippen LogP contribution in [0.15, 0.2) is 48.5 Å². The van der Waals surface area contributed by atoms with Gasteiger partial charge in [0.05, 0.1) is 5.56 Å². The van der Waals surface area contributed by atoms with Crippen molar-refractivity contribution >= 4 is 17.5 Å². The van der Waals surface area contributed by atoms with Crippen molar-refractivity contribution < 1.29 is 22.8 Å². The molecule has 0 spiro atoms. The minimum absolute atomic E-state index is 0.0354. The Balaban J connectivity index is 1.71. The van der Waals surface area contributed by atoms with E-state index >= 15 is 0 Å².